The number of benzene rings is 1. The molecule has 0 aliphatic heterocycles. The molecule has 86 valence electrons. The van der Waals surface area contributed by atoms with Crippen molar-refractivity contribution in [1.82, 2.24) is 9.97 Å². The lowest BCUT2D eigenvalue weighted by Crippen LogP contribution is -1.99. The van der Waals surface area contributed by atoms with Crippen molar-refractivity contribution in [2.24, 2.45) is 0 Å². The Morgan fingerprint density at radius 1 is 1.24 bits per heavy atom. The molecular formula is C10H9N5O2. The van der Waals surface area contributed by atoms with E-state index in [-0.39, 0.29) is 11.5 Å². The van der Waals surface area contributed by atoms with Crippen molar-refractivity contribution in [3.05, 3.63) is 46.8 Å². The van der Waals surface area contributed by atoms with Crippen LogP contribution in [0.15, 0.2) is 36.7 Å². The van der Waals surface area contributed by atoms with E-state index in [1.54, 1.807) is 18.2 Å². The van der Waals surface area contributed by atoms with Crippen molar-refractivity contribution < 1.29 is 4.92 Å². The van der Waals surface area contributed by atoms with Gasteiger partial charge in [0, 0.05) is 6.07 Å². The van der Waals surface area contributed by atoms with Gasteiger partial charge in [0.1, 0.15) is 17.3 Å². The molecule has 0 fully saturated rings. The van der Waals surface area contributed by atoms with Crippen LogP contribution in [0.5, 0.6) is 0 Å². The summed E-state index contributed by atoms with van der Waals surface area (Å²) in [5, 5.41) is 13.6. The zero-order valence-corrected chi connectivity index (χ0v) is 8.70. The molecule has 0 spiro atoms. The van der Waals surface area contributed by atoms with E-state index in [9.17, 15) is 10.1 Å². The molecule has 0 radical (unpaired) electrons. The monoisotopic (exact) mass is 231 g/mol. The van der Waals surface area contributed by atoms with Crippen molar-refractivity contribution in [1.29, 1.82) is 0 Å². The molecule has 0 saturated carbocycles. The largest absolute Gasteiger partial charge is 0.382 e. The molecule has 1 aromatic carbocycles. The topological polar surface area (TPSA) is 107 Å². The molecule has 7 nitrogen and oxygen atoms in total. The molecule has 17 heavy (non-hydrogen) atoms. The van der Waals surface area contributed by atoms with Gasteiger partial charge in [0.2, 0.25) is 0 Å². The minimum atomic E-state index is -0.465. The summed E-state index contributed by atoms with van der Waals surface area (Å²) < 4.78 is 0. The Morgan fingerprint density at radius 2 is 2.00 bits per heavy atom. The number of para-hydroxylation sites is 2. The smallest absolute Gasteiger partial charge is 0.292 e. The molecule has 0 bridgehead atoms. The van der Waals surface area contributed by atoms with Gasteiger partial charge in [-0.15, -0.1) is 0 Å². The predicted molar refractivity (Wildman–Crippen MR) is 62.8 cm³/mol. The molecule has 1 heterocycles. The number of rotatable bonds is 3. The summed E-state index contributed by atoms with van der Waals surface area (Å²) >= 11 is 0. The number of nitrogens with one attached hydrogen (secondary N) is 1. The molecule has 1 aromatic heterocycles. The summed E-state index contributed by atoms with van der Waals surface area (Å²) in [4.78, 5) is 18.1. The molecule has 0 aliphatic rings. The van der Waals surface area contributed by atoms with Gasteiger partial charge in [-0.1, -0.05) is 12.1 Å². The van der Waals surface area contributed by atoms with Crippen molar-refractivity contribution >= 4 is 23.0 Å². The highest BCUT2D eigenvalue weighted by Gasteiger charge is 2.12. The number of nitrogens with two attached hydrogens (primary N) is 1. The lowest BCUT2D eigenvalue weighted by Gasteiger charge is -2.05. The maximum Gasteiger partial charge on any atom is 0.292 e. The van der Waals surface area contributed by atoms with Crippen LogP contribution in [0.4, 0.5) is 23.0 Å². The van der Waals surface area contributed by atoms with Gasteiger partial charge in [0.05, 0.1) is 17.3 Å². The first kappa shape index (κ1) is 10.8. The zero-order chi connectivity index (χ0) is 12.3. The summed E-state index contributed by atoms with van der Waals surface area (Å²) in [6.45, 7) is 0. The molecule has 0 atom stereocenters. The fraction of sp³-hybridized carbons (Fsp3) is 0. The average molecular weight is 231 g/mol. The zero-order valence-electron chi connectivity index (χ0n) is 8.70. The van der Waals surface area contributed by atoms with E-state index in [0.29, 0.717) is 11.5 Å². The number of anilines is 3. The quantitative estimate of drug-likeness (QED) is 0.615. The van der Waals surface area contributed by atoms with Crippen molar-refractivity contribution in [2.75, 3.05) is 11.1 Å². The Bertz CT molecular complexity index is 541. The van der Waals surface area contributed by atoms with E-state index in [1.807, 2.05) is 0 Å². The summed E-state index contributed by atoms with van der Waals surface area (Å²) in [5.74, 6) is 0.687. The predicted octanol–water partition coefficient (Wildman–Crippen LogP) is 1.71. The summed E-state index contributed by atoms with van der Waals surface area (Å²) in [6.07, 6.45) is 2.78. The molecule has 0 aliphatic carbocycles. The Kier molecular flexibility index (Phi) is 2.82. The molecular weight excluding hydrogens is 222 g/mol. The van der Waals surface area contributed by atoms with Gasteiger partial charge >= 0.3 is 0 Å². The Morgan fingerprint density at radius 3 is 2.65 bits per heavy atom. The lowest BCUT2D eigenvalue weighted by molar-refractivity contribution is -0.383. The van der Waals surface area contributed by atoms with E-state index in [4.69, 9.17) is 5.73 Å². The van der Waals surface area contributed by atoms with Crippen LogP contribution >= 0.6 is 0 Å². The van der Waals surface area contributed by atoms with E-state index in [2.05, 4.69) is 15.3 Å². The van der Waals surface area contributed by atoms with Crippen LogP contribution in [-0.2, 0) is 0 Å². The van der Waals surface area contributed by atoms with Crippen LogP contribution in [0.3, 0.4) is 0 Å². The van der Waals surface area contributed by atoms with E-state index >= 15 is 0 Å². The van der Waals surface area contributed by atoms with Gasteiger partial charge in [-0.3, -0.25) is 10.1 Å². The highest BCUT2D eigenvalue weighted by atomic mass is 16.6. The highest BCUT2D eigenvalue weighted by molar-refractivity contribution is 5.67. The third kappa shape index (κ3) is 2.46. The van der Waals surface area contributed by atoms with Crippen LogP contribution in [-0.4, -0.2) is 14.9 Å². The fourth-order valence-corrected chi connectivity index (χ4v) is 1.28. The minimum Gasteiger partial charge on any atom is -0.382 e. The maximum absolute atomic E-state index is 10.8. The van der Waals surface area contributed by atoms with Gasteiger partial charge in [-0.2, -0.15) is 0 Å². The number of nitrogen functional groups attached to an aromatic ring is 1. The Labute approximate surface area is 96.5 Å². The number of nitro benzene ring substituents is 1. The number of hydrogen-bond donors (Lipinski definition) is 2. The number of aromatic nitrogens is 2. The van der Waals surface area contributed by atoms with Crippen LogP contribution in [0.1, 0.15) is 0 Å². The third-order valence-corrected chi connectivity index (χ3v) is 2.04. The molecule has 0 saturated heterocycles. The minimum absolute atomic E-state index is 0.0221. The van der Waals surface area contributed by atoms with Crippen LogP contribution in [0.25, 0.3) is 0 Å². The van der Waals surface area contributed by atoms with Gasteiger partial charge in [0.25, 0.3) is 5.69 Å². The summed E-state index contributed by atoms with van der Waals surface area (Å²) in [7, 11) is 0. The van der Waals surface area contributed by atoms with E-state index in [1.165, 1.54) is 18.5 Å². The van der Waals surface area contributed by atoms with Crippen molar-refractivity contribution in [3.8, 4) is 0 Å². The number of hydrogen-bond acceptors (Lipinski definition) is 6. The standard InChI is InChI=1S/C10H9N5O2/c11-9-5-13-10(6-12-9)14-7-3-1-2-4-8(7)15(16)17/h1-6H,(H2,11,12)(H,13,14). The fourth-order valence-electron chi connectivity index (χ4n) is 1.28. The van der Waals surface area contributed by atoms with Crippen molar-refractivity contribution in [2.45, 2.75) is 0 Å². The van der Waals surface area contributed by atoms with Gasteiger partial charge < -0.3 is 11.1 Å². The SMILES string of the molecule is Nc1cnc(Nc2ccccc2[N+](=O)[O-])cn1. The summed E-state index contributed by atoms with van der Waals surface area (Å²) in [5.41, 5.74) is 5.72. The van der Waals surface area contributed by atoms with E-state index < -0.39 is 4.92 Å². The molecule has 2 rings (SSSR count). The second-order valence-corrected chi connectivity index (χ2v) is 3.23. The molecule has 0 unspecified atom stereocenters. The molecule has 2 aromatic rings. The number of nitrogens with zero attached hydrogens (tertiary/aromatic N) is 3. The average Bonchev–Trinajstić information content (AvgIpc) is 2.32. The van der Waals surface area contributed by atoms with Crippen molar-refractivity contribution in [3.63, 3.8) is 0 Å². The van der Waals surface area contributed by atoms with Crippen LogP contribution in [0, 0.1) is 10.1 Å². The molecule has 0 amide bonds. The third-order valence-electron chi connectivity index (χ3n) is 2.04. The van der Waals surface area contributed by atoms with Gasteiger partial charge in [-0.05, 0) is 6.07 Å². The highest BCUT2D eigenvalue weighted by Crippen LogP contribution is 2.25. The molecule has 7 heteroatoms. The van der Waals surface area contributed by atoms with Crippen LogP contribution < -0.4 is 11.1 Å². The first-order chi connectivity index (χ1) is 8.16. The van der Waals surface area contributed by atoms with Crippen LogP contribution in [0.2, 0.25) is 0 Å². The van der Waals surface area contributed by atoms with Gasteiger partial charge in [-0.25, -0.2) is 9.97 Å². The number of nitro groups is 1. The maximum atomic E-state index is 10.8. The Hall–Kier alpha value is -2.70. The Balaban J connectivity index is 2.30. The summed E-state index contributed by atoms with van der Waals surface area (Å²) in [6, 6.07) is 6.29. The normalized spacial score (nSPS) is 9.88. The molecule has 3 N–H and O–H groups in total. The van der Waals surface area contributed by atoms with E-state index in [0.717, 1.165) is 0 Å². The lowest BCUT2D eigenvalue weighted by atomic mass is 10.2. The second-order valence-electron chi connectivity index (χ2n) is 3.23. The first-order valence-electron chi connectivity index (χ1n) is 4.75. The first-order valence-corrected chi connectivity index (χ1v) is 4.75. The second kappa shape index (κ2) is 4.44. The van der Waals surface area contributed by atoms with Gasteiger partial charge in [0.15, 0.2) is 0 Å².